The monoisotopic (exact) mass is 336 g/mol. The topological polar surface area (TPSA) is 73.8 Å². The molecule has 4 heteroatoms. The lowest BCUT2D eigenvalue weighted by Gasteiger charge is -2.64. The molecule has 0 bridgehead atoms. The van der Waals surface area contributed by atoms with Gasteiger partial charge in [0.2, 0.25) is 0 Å². The van der Waals surface area contributed by atoms with E-state index in [2.05, 4.69) is 20.8 Å². The predicted octanol–water partition coefficient (Wildman–Crippen LogP) is 3.15. The molecule has 1 aromatic heterocycles. The van der Waals surface area contributed by atoms with E-state index in [-0.39, 0.29) is 16.7 Å². The average molecular weight is 336 g/mol. The highest BCUT2D eigenvalue weighted by molar-refractivity contribution is 5.15. The maximum Gasteiger partial charge on any atom is 0.109 e. The lowest BCUT2D eigenvalue weighted by atomic mass is 9.43. The minimum Gasteiger partial charge on any atom is -0.472 e. The molecule has 136 valence electrons. The normalized spacial score (nSPS) is 49.0. The first kappa shape index (κ1) is 18.0. The third-order valence-corrected chi connectivity index (χ3v) is 7.89. The third kappa shape index (κ3) is 2.46. The van der Waals surface area contributed by atoms with Crippen LogP contribution in [-0.2, 0) is 6.42 Å². The summed E-state index contributed by atoms with van der Waals surface area (Å²) >= 11 is 0. The number of furan rings is 1. The molecular formula is C20H32O4. The molecular weight excluding hydrogens is 304 g/mol. The SMILES string of the molecule is CC1CCC2(C)C(CC(O)C(O)C2(C)O)C1(C)CCc1ccoc1. The van der Waals surface area contributed by atoms with E-state index in [0.717, 1.165) is 25.7 Å². The van der Waals surface area contributed by atoms with Crippen LogP contribution in [0.5, 0.6) is 0 Å². The van der Waals surface area contributed by atoms with E-state index in [1.165, 1.54) is 5.56 Å². The second kappa shape index (κ2) is 5.86. The van der Waals surface area contributed by atoms with Crippen molar-refractivity contribution in [3.63, 3.8) is 0 Å². The van der Waals surface area contributed by atoms with Crippen LogP contribution in [0.3, 0.4) is 0 Å². The zero-order valence-electron chi connectivity index (χ0n) is 15.3. The van der Waals surface area contributed by atoms with Crippen LogP contribution in [0.25, 0.3) is 0 Å². The molecule has 0 amide bonds. The van der Waals surface area contributed by atoms with Crippen molar-refractivity contribution in [2.75, 3.05) is 0 Å². The molecule has 4 nitrogen and oxygen atoms in total. The van der Waals surface area contributed by atoms with Gasteiger partial charge in [-0.1, -0.05) is 20.8 Å². The van der Waals surface area contributed by atoms with Crippen molar-refractivity contribution in [2.45, 2.75) is 77.6 Å². The molecule has 2 fully saturated rings. The van der Waals surface area contributed by atoms with Gasteiger partial charge < -0.3 is 19.7 Å². The smallest absolute Gasteiger partial charge is 0.109 e. The summed E-state index contributed by atoms with van der Waals surface area (Å²) in [7, 11) is 0. The Morgan fingerprint density at radius 3 is 2.58 bits per heavy atom. The van der Waals surface area contributed by atoms with E-state index in [1.54, 1.807) is 19.5 Å². The highest BCUT2D eigenvalue weighted by Gasteiger charge is 2.64. The molecule has 2 aliphatic rings. The van der Waals surface area contributed by atoms with Crippen molar-refractivity contribution in [3.8, 4) is 0 Å². The maximum atomic E-state index is 11.1. The van der Waals surface area contributed by atoms with Crippen LogP contribution in [0.4, 0.5) is 0 Å². The summed E-state index contributed by atoms with van der Waals surface area (Å²) in [6, 6.07) is 2.01. The number of hydrogen-bond acceptors (Lipinski definition) is 4. The van der Waals surface area contributed by atoms with Gasteiger partial charge >= 0.3 is 0 Å². The summed E-state index contributed by atoms with van der Waals surface area (Å²) in [6.07, 6.45) is 5.97. The highest BCUT2D eigenvalue weighted by atomic mass is 16.4. The van der Waals surface area contributed by atoms with Crippen molar-refractivity contribution in [3.05, 3.63) is 24.2 Å². The van der Waals surface area contributed by atoms with Crippen molar-refractivity contribution >= 4 is 0 Å². The van der Waals surface area contributed by atoms with Crippen LogP contribution in [0.1, 0.15) is 58.9 Å². The van der Waals surface area contributed by atoms with Gasteiger partial charge in [0.15, 0.2) is 0 Å². The van der Waals surface area contributed by atoms with Crippen molar-refractivity contribution in [1.82, 2.24) is 0 Å². The Morgan fingerprint density at radius 2 is 1.96 bits per heavy atom. The lowest BCUT2D eigenvalue weighted by Crippen LogP contribution is -2.68. The first-order chi connectivity index (χ1) is 11.1. The van der Waals surface area contributed by atoms with Gasteiger partial charge in [-0.3, -0.25) is 0 Å². The number of fused-ring (bicyclic) bond motifs is 1. The molecule has 7 atom stereocenters. The third-order valence-electron chi connectivity index (χ3n) is 7.89. The largest absolute Gasteiger partial charge is 0.472 e. The molecule has 1 heterocycles. The van der Waals surface area contributed by atoms with Crippen LogP contribution in [-0.4, -0.2) is 33.1 Å². The Morgan fingerprint density at radius 1 is 1.25 bits per heavy atom. The van der Waals surface area contributed by atoms with Crippen LogP contribution >= 0.6 is 0 Å². The zero-order valence-corrected chi connectivity index (χ0v) is 15.3. The molecule has 3 rings (SSSR count). The molecule has 7 unspecified atom stereocenters. The fraction of sp³-hybridized carbons (Fsp3) is 0.800. The van der Waals surface area contributed by atoms with E-state index >= 15 is 0 Å². The first-order valence-corrected chi connectivity index (χ1v) is 9.22. The van der Waals surface area contributed by atoms with E-state index in [4.69, 9.17) is 4.42 Å². The molecule has 0 aromatic carbocycles. The second-order valence-electron chi connectivity index (χ2n) is 8.94. The van der Waals surface area contributed by atoms with Gasteiger partial charge in [0, 0.05) is 5.41 Å². The van der Waals surface area contributed by atoms with Gasteiger partial charge in [0.1, 0.15) is 6.10 Å². The minimum absolute atomic E-state index is 0.00931. The lowest BCUT2D eigenvalue weighted by molar-refractivity contribution is -0.263. The molecule has 0 radical (unpaired) electrons. The summed E-state index contributed by atoms with van der Waals surface area (Å²) in [5.74, 6) is 0.690. The second-order valence-corrected chi connectivity index (χ2v) is 8.94. The molecule has 2 aliphatic carbocycles. The molecule has 2 saturated carbocycles. The minimum atomic E-state index is -1.27. The van der Waals surface area contributed by atoms with Crippen LogP contribution < -0.4 is 0 Å². The fourth-order valence-electron chi connectivity index (χ4n) is 5.58. The van der Waals surface area contributed by atoms with Gasteiger partial charge in [-0.05, 0) is 67.9 Å². The Bertz CT molecular complexity index is 566. The summed E-state index contributed by atoms with van der Waals surface area (Å²) < 4.78 is 5.19. The molecule has 1 aromatic rings. The van der Waals surface area contributed by atoms with Gasteiger partial charge in [-0.2, -0.15) is 0 Å². The van der Waals surface area contributed by atoms with E-state index in [0.29, 0.717) is 12.3 Å². The molecule has 0 spiro atoms. The zero-order chi connectivity index (χ0) is 17.8. The van der Waals surface area contributed by atoms with Gasteiger partial charge in [0.05, 0.1) is 24.2 Å². The standard InChI is InChI=1S/C20H32O4/c1-13-5-9-19(3)16(11-15(21)17(22)20(19,4)23)18(13,2)8-6-14-7-10-24-12-14/h7,10,12-13,15-17,21-23H,5-6,8-9,11H2,1-4H3. The Kier molecular flexibility index (Phi) is 4.38. The summed E-state index contributed by atoms with van der Waals surface area (Å²) in [5.41, 5.74) is -0.454. The quantitative estimate of drug-likeness (QED) is 0.793. The molecule has 0 aliphatic heterocycles. The number of aryl methyl sites for hydroxylation is 1. The summed E-state index contributed by atoms with van der Waals surface area (Å²) in [4.78, 5) is 0. The fourth-order valence-corrected chi connectivity index (χ4v) is 5.58. The van der Waals surface area contributed by atoms with Gasteiger partial charge in [-0.15, -0.1) is 0 Å². The van der Waals surface area contributed by atoms with Crippen molar-refractivity contribution in [1.29, 1.82) is 0 Å². The van der Waals surface area contributed by atoms with Crippen LogP contribution in [0, 0.1) is 22.7 Å². The molecule has 24 heavy (non-hydrogen) atoms. The van der Waals surface area contributed by atoms with Crippen molar-refractivity contribution in [2.24, 2.45) is 22.7 Å². The highest BCUT2D eigenvalue weighted by Crippen LogP contribution is 2.64. The van der Waals surface area contributed by atoms with E-state index < -0.39 is 17.8 Å². The van der Waals surface area contributed by atoms with Crippen molar-refractivity contribution < 1.29 is 19.7 Å². The number of hydrogen-bond donors (Lipinski definition) is 3. The maximum absolute atomic E-state index is 11.1. The van der Waals surface area contributed by atoms with Crippen LogP contribution in [0.15, 0.2) is 23.0 Å². The average Bonchev–Trinajstić information content (AvgIpc) is 3.05. The predicted molar refractivity (Wildman–Crippen MR) is 92.4 cm³/mol. The Labute approximate surface area is 144 Å². The molecule has 0 saturated heterocycles. The van der Waals surface area contributed by atoms with Gasteiger partial charge in [-0.25, -0.2) is 0 Å². The Balaban J connectivity index is 1.93. The van der Waals surface area contributed by atoms with E-state index in [1.807, 2.05) is 6.07 Å². The van der Waals surface area contributed by atoms with Gasteiger partial charge in [0.25, 0.3) is 0 Å². The molecule has 3 N–H and O–H groups in total. The summed E-state index contributed by atoms with van der Waals surface area (Å²) in [6.45, 7) is 8.41. The Hall–Kier alpha value is -0.840. The first-order valence-electron chi connectivity index (χ1n) is 9.22. The summed E-state index contributed by atoms with van der Waals surface area (Å²) in [5, 5.41) is 31.9. The van der Waals surface area contributed by atoms with E-state index in [9.17, 15) is 15.3 Å². The number of aliphatic hydroxyl groups excluding tert-OH is 2. The number of rotatable bonds is 3. The number of aliphatic hydroxyl groups is 3. The van der Waals surface area contributed by atoms with Crippen LogP contribution in [0.2, 0.25) is 0 Å².